The highest BCUT2D eigenvalue weighted by molar-refractivity contribution is 6.31. The number of allylic oxidation sites excluding steroid dienone is 1. The van der Waals surface area contributed by atoms with Gasteiger partial charge in [0.2, 0.25) is 0 Å². The largest absolute Gasteiger partial charge is 0.478 e. The van der Waals surface area contributed by atoms with E-state index in [4.69, 9.17) is 16.7 Å². The number of aliphatic carboxylic acids is 1. The van der Waals surface area contributed by atoms with E-state index in [-0.39, 0.29) is 5.82 Å². The van der Waals surface area contributed by atoms with E-state index in [1.807, 2.05) is 0 Å². The second kappa shape index (κ2) is 4.94. The molecule has 1 N–H and O–H groups in total. The first-order valence-electron chi connectivity index (χ1n) is 4.34. The molecule has 0 aliphatic heterocycles. The number of carboxylic acids is 1. The highest BCUT2D eigenvalue weighted by Gasteiger charge is 2.04. The molecule has 0 heterocycles. The Morgan fingerprint density at radius 2 is 2.27 bits per heavy atom. The predicted octanol–water partition coefficient (Wildman–Crippen LogP) is 2.97. The lowest BCUT2D eigenvalue weighted by molar-refractivity contribution is -0.131. The van der Waals surface area contributed by atoms with E-state index in [0.717, 1.165) is 6.08 Å². The fourth-order valence-corrected chi connectivity index (χ4v) is 1.43. The van der Waals surface area contributed by atoms with Crippen LogP contribution < -0.4 is 0 Å². The third-order valence-electron chi connectivity index (χ3n) is 1.93. The lowest BCUT2D eigenvalue weighted by Crippen LogP contribution is -1.91. The summed E-state index contributed by atoms with van der Waals surface area (Å²) in [4.78, 5) is 10.2. The Balaban J connectivity index is 2.86. The number of aryl methyl sites for hydroxylation is 1. The molecule has 0 saturated heterocycles. The first-order chi connectivity index (χ1) is 7.00. The zero-order valence-corrected chi connectivity index (χ0v) is 8.88. The van der Waals surface area contributed by atoms with E-state index in [0.29, 0.717) is 22.6 Å². The Morgan fingerprint density at radius 1 is 1.60 bits per heavy atom. The molecule has 80 valence electrons. The summed E-state index contributed by atoms with van der Waals surface area (Å²) >= 11 is 5.87. The topological polar surface area (TPSA) is 37.3 Å². The van der Waals surface area contributed by atoms with Gasteiger partial charge in [-0.1, -0.05) is 17.7 Å². The first-order valence-corrected chi connectivity index (χ1v) is 4.72. The van der Waals surface area contributed by atoms with Crippen LogP contribution in [0.3, 0.4) is 0 Å². The van der Waals surface area contributed by atoms with Gasteiger partial charge in [-0.3, -0.25) is 0 Å². The number of rotatable bonds is 3. The summed E-state index contributed by atoms with van der Waals surface area (Å²) in [6.07, 6.45) is 2.74. The Bertz CT molecular complexity index is 413. The molecule has 4 heteroatoms. The van der Waals surface area contributed by atoms with Crippen LogP contribution in [0, 0.1) is 12.7 Å². The smallest absolute Gasteiger partial charge is 0.327 e. The van der Waals surface area contributed by atoms with E-state index in [2.05, 4.69) is 0 Å². The predicted molar refractivity (Wildman–Crippen MR) is 56.6 cm³/mol. The Labute approximate surface area is 92.0 Å². The van der Waals surface area contributed by atoms with Gasteiger partial charge in [0.25, 0.3) is 0 Å². The minimum atomic E-state index is -1.03. The number of halogens is 2. The molecule has 0 amide bonds. The maximum Gasteiger partial charge on any atom is 0.327 e. The van der Waals surface area contributed by atoms with Crippen molar-refractivity contribution in [1.29, 1.82) is 0 Å². The minimum Gasteiger partial charge on any atom is -0.478 e. The van der Waals surface area contributed by atoms with Crippen molar-refractivity contribution in [3.05, 3.63) is 46.3 Å². The summed E-state index contributed by atoms with van der Waals surface area (Å²) < 4.78 is 13.1. The second-order valence-corrected chi connectivity index (χ2v) is 3.54. The molecule has 0 bridgehead atoms. The lowest BCUT2D eigenvalue weighted by atomic mass is 10.1. The third-order valence-corrected chi connectivity index (χ3v) is 2.28. The van der Waals surface area contributed by atoms with Crippen molar-refractivity contribution in [2.75, 3.05) is 0 Å². The number of hydrogen-bond donors (Lipinski definition) is 1. The van der Waals surface area contributed by atoms with E-state index in [1.54, 1.807) is 6.92 Å². The van der Waals surface area contributed by atoms with Gasteiger partial charge in [-0.15, -0.1) is 0 Å². The molecule has 1 rings (SSSR count). The van der Waals surface area contributed by atoms with Crippen molar-refractivity contribution in [2.24, 2.45) is 0 Å². The molecule has 0 atom stereocenters. The number of carboxylic acid groups (broad SMARTS) is 1. The first kappa shape index (κ1) is 11.7. The minimum absolute atomic E-state index is 0.308. The van der Waals surface area contributed by atoms with Gasteiger partial charge in [0.15, 0.2) is 0 Å². The quantitative estimate of drug-likeness (QED) is 0.808. The van der Waals surface area contributed by atoms with E-state index in [9.17, 15) is 9.18 Å². The van der Waals surface area contributed by atoms with Gasteiger partial charge in [0.05, 0.1) is 0 Å². The molecule has 2 nitrogen and oxygen atoms in total. The molecule has 0 unspecified atom stereocenters. The van der Waals surface area contributed by atoms with Gasteiger partial charge < -0.3 is 5.11 Å². The van der Waals surface area contributed by atoms with Crippen LogP contribution in [0.15, 0.2) is 24.3 Å². The molecular weight excluding hydrogens is 219 g/mol. The summed E-state index contributed by atoms with van der Waals surface area (Å²) in [7, 11) is 0. The number of hydrogen-bond acceptors (Lipinski definition) is 1. The van der Waals surface area contributed by atoms with Crippen LogP contribution in [0.25, 0.3) is 0 Å². The molecular formula is C11H10ClFO2. The van der Waals surface area contributed by atoms with E-state index >= 15 is 0 Å². The number of benzene rings is 1. The van der Waals surface area contributed by atoms with Crippen molar-refractivity contribution in [1.82, 2.24) is 0 Å². The normalized spacial score (nSPS) is 10.9. The second-order valence-electron chi connectivity index (χ2n) is 3.14. The molecule has 0 spiro atoms. The fourth-order valence-electron chi connectivity index (χ4n) is 1.13. The summed E-state index contributed by atoms with van der Waals surface area (Å²) in [5, 5.41) is 8.81. The highest BCUT2D eigenvalue weighted by atomic mass is 35.5. The molecule has 0 aliphatic carbocycles. The van der Waals surface area contributed by atoms with Gasteiger partial charge in [-0.2, -0.15) is 0 Å². The zero-order valence-electron chi connectivity index (χ0n) is 8.13. The standard InChI is InChI=1S/C11H10ClFO2/c1-7-5-9(12)8(6-10(7)13)3-2-4-11(14)15/h2,4-6H,3H2,1H3,(H,14,15)/b4-2+. The van der Waals surface area contributed by atoms with Crippen LogP contribution >= 0.6 is 11.6 Å². The SMILES string of the molecule is Cc1cc(Cl)c(C/C=C/C(=O)O)cc1F. The van der Waals surface area contributed by atoms with Crippen LogP contribution in [-0.4, -0.2) is 11.1 Å². The fraction of sp³-hybridized carbons (Fsp3) is 0.182. The maximum absolute atomic E-state index is 13.1. The molecule has 0 aliphatic rings. The van der Waals surface area contributed by atoms with Gasteiger partial charge >= 0.3 is 5.97 Å². The molecule has 1 aromatic rings. The molecule has 0 radical (unpaired) electrons. The summed E-state index contributed by atoms with van der Waals surface area (Å²) in [5.74, 6) is -1.36. The van der Waals surface area contributed by atoms with Crippen molar-refractivity contribution < 1.29 is 14.3 Å². The van der Waals surface area contributed by atoms with Crippen LogP contribution in [0.4, 0.5) is 4.39 Å². The molecule has 15 heavy (non-hydrogen) atoms. The third kappa shape index (κ3) is 3.36. The van der Waals surface area contributed by atoms with Gasteiger partial charge in [-0.25, -0.2) is 9.18 Å². The van der Waals surface area contributed by atoms with Gasteiger partial charge in [0.1, 0.15) is 5.82 Å². The Morgan fingerprint density at radius 3 is 2.87 bits per heavy atom. The van der Waals surface area contributed by atoms with E-state index in [1.165, 1.54) is 18.2 Å². The van der Waals surface area contributed by atoms with E-state index < -0.39 is 5.97 Å². The summed E-state index contributed by atoms with van der Waals surface area (Å²) in [6.45, 7) is 1.62. The molecule has 1 aromatic carbocycles. The van der Waals surface area contributed by atoms with Crippen LogP contribution in [0.2, 0.25) is 5.02 Å². The van der Waals surface area contributed by atoms with Gasteiger partial charge in [-0.05, 0) is 36.6 Å². The van der Waals surface area contributed by atoms with Crippen LogP contribution in [-0.2, 0) is 11.2 Å². The van der Waals surface area contributed by atoms with Gasteiger partial charge in [0, 0.05) is 11.1 Å². The molecule has 0 aromatic heterocycles. The lowest BCUT2D eigenvalue weighted by Gasteiger charge is -2.03. The molecule has 0 saturated carbocycles. The summed E-state index contributed by atoms with van der Waals surface area (Å²) in [6, 6.07) is 2.85. The maximum atomic E-state index is 13.1. The Kier molecular flexibility index (Phi) is 3.86. The average molecular weight is 229 g/mol. The van der Waals surface area contributed by atoms with Crippen molar-refractivity contribution in [3.8, 4) is 0 Å². The highest BCUT2D eigenvalue weighted by Crippen LogP contribution is 2.21. The van der Waals surface area contributed by atoms with Crippen LogP contribution in [0.1, 0.15) is 11.1 Å². The average Bonchev–Trinajstić information content (AvgIpc) is 2.13. The van der Waals surface area contributed by atoms with Crippen molar-refractivity contribution in [2.45, 2.75) is 13.3 Å². The van der Waals surface area contributed by atoms with Crippen molar-refractivity contribution in [3.63, 3.8) is 0 Å². The van der Waals surface area contributed by atoms with Crippen molar-refractivity contribution >= 4 is 17.6 Å². The molecule has 0 fully saturated rings. The summed E-state index contributed by atoms with van der Waals surface area (Å²) in [5.41, 5.74) is 1.06. The monoisotopic (exact) mass is 228 g/mol. The Hall–Kier alpha value is -1.35. The zero-order chi connectivity index (χ0) is 11.4. The number of carbonyl (C=O) groups is 1. The van der Waals surface area contributed by atoms with Crippen LogP contribution in [0.5, 0.6) is 0 Å².